The Kier molecular flexibility index (Phi) is 33.9. The van der Waals surface area contributed by atoms with Gasteiger partial charge in [-0.1, -0.05) is 122 Å². The molecule has 0 radical (unpaired) electrons. The Morgan fingerprint density at radius 1 is 0.357 bits per heavy atom. The Balaban J connectivity index is 4.25. The highest BCUT2D eigenvalue weighted by atomic mass is 16.2. The molecule has 0 saturated heterocycles. The molecule has 0 heterocycles. The number of hydrogen-bond donors (Lipinski definition) is 1. The predicted octanol–water partition coefficient (Wildman–Crippen LogP) is 17.6. The van der Waals surface area contributed by atoms with Crippen LogP contribution in [0.4, 0.5) is 0 Å². The lowest BCUT2D eigenvalue weighted by Gasteiger charge is -2.04. The first-order valence-corrected chi connectivity index (χ1v) is 22.0. The van der Waals surface area contributed by atoms with E-state index in [1.165, 1.54) is 55.7 Å². The second kappa shape index (κ2) is 36.0. The normalized spacial score (nSPS) is 14.8. The van der Waals surface area contributed by atoms with Gasteiger partial charge in [-0.25, -0.2) is 0 Å². The third kappa shape index (κ3) is 35.1. The van der Waals surface area contributed by atoms with Crippen molar-refractivity contribution in [3.05, 3.63) is 127 Å². The molecule has 0 unspecified atom stereocenters. The summed E-state index contributed by atoms with van der Waals surface area (Å²) in [7, 11) is 0. The Morgan fingerprint density at radius 3 is 0.750 bits per heavy atom. The van der Waals surface area contributed by atoms with Crippen molar-refractivity contribution in [1.82, 2.24) is 0 Å². The van der Waals surface area contributed by atoms with Crippen molar-refractivity contribution in [2.75, 3.05) is 13.2 Å². The van der Waals surface area contributed by atoms with Crippen molar-refractivity contribution in [2.24, 2.45) is 5.11 Å². The summed E-state index contributed by atoms with van der Waals surface area (Å²) in [6.07, 6.45) is 46.0. The molecule has 0 saturated carbocycles. The summed E-state index contributed by atoms with van der Waals surface area (Å²) in [5.41, 5.74) is 23.1. The maximum atomic E-state index is 8.99. The third-order valence-corrected chi connectivity index (χ3v) is 10.6. The Hall–Kier alpha value is -3.33. The van der Waals surface area contributed by atoms with Crippen molar-refractivity contribution in [3.63, 3.8) is 0 Å². The van der Waals surface area contributed by atoms with Crippen LogP contribution in [0.25, 0.3) is 10.4 Å². The summed E-state index contributed by atoms with van der Waals surface area (Å²) in [5, 5.41) is 12.6. The fraction of sp³-hybridized carbons (Fsp3) is 0.615. The van der Waals surface area contributed by atoms with Gasteiger partial charge in [-0.15, -0.1) is 0 Å². The molecule has 0 fully saturated rings. The molecule has 0 aliphatic heterocycles. The van der Waals surface area contributed by atoms with Crippen molar-refractivity contribution in [1.29, 1.82) is 0 Å². The number of rotatable bonds is 32. The lowest BCUT2D eigenvalue weighted by atomic mass is 10.0. The molecule has 0 bridgehead atoms. The number of nitrogens with zero attached hydrogens (tertiary/aromatic N) is 3. The molecule has 0 aromatic heterocycles. The van der Waals surface area contributed by atoms with Gasteiger partial charge in [0.25, 0.3) is 0 Å². The highest BCUT2D eigenvalue weighted by molar-refractivity contribution is 5.11. The van der Waals surface area contributed by atoms with Gasteiger partial charge in [0.1, 0.15) is 0 Å². The summed E-state index contributed by atoms with van der Waals surface area (Å²) in [6, 6.07) is 0. The van der Waals surface area contributed by atoms with Gasteiger partial charge in [-0.3, -0.25) is 0 Å². The lowest BCUT2D eigenvalue weighted by molar-refractivity contribution is 0.341. The topological polar surface area (TPSA) is 69.0 Å². The summed E-state index contributed by atoms with van der Waals surface area (Å²) in [4.78, 5) is 2.82. The van der Waals surface area contributed by atoms with Gasteiger partial charge in [0.05, 0.1) is 6.61 Å². The molecule has 4 heteroatoms. The summed E-state index contributed by atoms with van der Waals surface area (Å²) < 4.78 is 0. The van der Waals surface area contributed by atoms with Crippen LogP contribution >= 0.6 is 0 Å². The number of aliphatic hydroxyl groups excluding tert-OH is 1. The van der Waals surface area contributed by atoms with E-state index >= 15 is 0 Å². The van der Waals surface area contributed by atoms with Crippen LogP contribution in [0.1, 0.15) is 198 Å². The predicted molar refractivity (Wildman–Crippen MR) is 251 cm³/mol. The van der Waals surface area contributed by atoms with Gasteiger partial charge in [0, 0.05) is 11.5 Å². The minimum atomic E-state index is 0.146. The summed E-state index contributed by atoms with van der Waals surface area (Å²) in [6.45, 7) is 23.2. The standard InChI is InChI=1S/C52H85N3O/c1-43(23-12-25-45(3)27-14-29-47(5)31-16-33-49(7)35-18-37-51(9)39-20-41-54-55-53)21-11-22-44(2)24-13-26-46(4)28-15-30-48(6)32-17-34-50(8)36-19-38-52(10)40-42-56/h21,24-25,28-29,32-33,36-37,40,56H,11-20,22-23,26-27,30-31,34-35,38-39,41-42H2,1-10H3/b43-21-,44-24-,45-25-,46-28-,47-29+,48-32-,49-33+,50-36-,51-37+,52-40-. The highest BCUT2D eigenvalue weighted by Crippen LogP contribution is 2.18. The number of allylic oxidation sites excluding steroid dienone is 19. The van der Waals surface area contributed by atoms with Gasteiger partial charge in [0.2, 0.25) is 0 Å². The Bertz CT molecular complexity index is 1450. The summed E-state index contributed by atoms with van der Waals surface area (Å²) >= 11 is 0. The minimum absolute atomic E-state index is 0.146. The molecule has 0 aliphatic rings. The van der Waals surface area contributed by atoms with E-state index in [1.807, 2.05) is 6.08 Å². The van der Waals surface area contributed by atoms with Crippen LogP contribution < -0.4 is 0 Å². The zero-order valence-corrected chi connectivity index (χ0v) is 38.1. The Morgan fingerprint density at radius 2 is 0.554 bits per heavy atom. The zero-order chi connectivity index (χ0) is 41.8. The van der Waals surface area contributed by atoms with E-state index in [0.29, 0.717) is 6.54 Å². The minimum Gasteiger partial charge on any atom is -0.392 e. The first-order valence-electron chi connectivity index (χ1n) is 22.0. The molecule has 0 rings (SSSR count). The smallest absolute Gasteiger partial charge is 0.0614 e. The van der Waals surface area contributed by atoms with Crippen molar-refractivity contribution in [2.45, 2.75) is 198 Å². The van der Waals surface area contributed by atoms with E-state index in [4.69, 9.17) is 10.6 Å². The average molecular weight is 768 g/mol. The molecule has 0 spiro atoms. The van der Waals surface area contributed by atoms with Crippen LogP contribution in [0.5, 0.6) is 0 Å². The fourth-order valence-corrected chi connectivity index (χ4v) is 6.57. The van der Waals surface area contributed by atoms with E-state index in [2.05, 4.69) is 134 Å². The molecular formula is C52H85N3O. The van der Waals surface area contributed by atoms with Crippen molar-refractivity contribution < 1.29 is 5.11 Å². The van der Waals surface area contributed by atoms with Gasteiger partial charge < -0.3 is 5.11 Å². The molecule has 314 valence electrons. The molecule has 0 aromatic carbocycles. The first kappa shape index (κ1) is 52.7. The first-order chi connectivity index (χ1) is 26.9. The van der Waals surface area contributed by atoms with Crippen LogP contribution in [0.15, 0.2) is 122 Å². The molecule has 0 atom stereocenters. The van der Waals surface area contributed by atoms with Gasteiger partial charge in [-0.05, 0) is 203 Å². The van der Waals surface area contributed by atoms with Gasteiger partial charge in [-0.2, -0.15) is 0 Å². The van der Waals surface area contributed by atoms with E-state index in [-0.39, 0.29) is 6.61 Å². The SMILES string of the molecule is C/C(=C/CO)CC/C=C(/C)CC/C=C(/C)CC/C=C(/C)CC/C=C(/C)CC/C=C(/C)CC/C=C(/C)CC/C=C(\C)CC/C=C(\C)CC/C=C(\C)CCCN=[N+]=[N-]. The summed E-state index contributed by atoms with van der Waals surface area (Å²) in [5.74, 6) is 0. The van der Waals surface area contributed by atoms with Crippen LogP contribution in [0.2, 0.25) is 0 Å². The largest absolute Gasteiger partial charge is 0.392 e. The number of hydrogen-bond acceptors (Lipinski definition) is 2. The zero-order valence-electron chi connectivity index (χ0n) is 38.1. The van der Waals surface area contributed by atoms with Gasteiger partial charge >= 0.3 is 0 Å². The van der Waals surface area contributed by atoms with Gasteiger partial charge in [0.15, 0.2) is 0 Å². The monoisotopic (exact) mass is 768 g/mol. The average Bonchev–Trinajstić information content (AvgIpc) is 3.13. The molecular weight excluding hydrogens is 683 g/mol. The Labute approximate surface area is 346 Å². The molecule has 56 heavy (non-hydrogen) atoms. The third-order valence-electron chi connectivity index (χ3n) is 10.6. The fourth-order valence-electron chi connectivity index (χ4n) is 6.57. The molecule has 4 nitrogen and oxygen atoms in total. The van der Waals surface area contributed by atoms with E-state index in [9.17, 15) is 0 Å². The quantitative estimate of drug-likeness (QED) is 0.0239. The van der Waals surface area contributed by atoms with Crippen LogP contribution in [-0.4, -0.2) is 18.3 Å². The second-order valence-corrected chi connectivity index (χ2v) is 16.6. The number of azide groups is 1. The van der Waals surface area contributed by atoms with Crippen LogP contribution in [-0.2, 0) is 0 Å². The number of aliphatic hydroxyl groups is 1. The highest BCUT2D eigenvalue weighted by Gasteiger charge is 1.98. The van der Waals surface area contributed by atoms with E-state index < -0.39 is 0 Å². The molecule has 0 aliphatic carbocycles. The van der Waals surface area contributed by atoms with Crippen LogP contribution in [0.3, 0.4) is 0 Å². The van der Waals surface area contributed by atoms with E-state index in [0.717, 1.165) is 128 Å². The second-order valence-electron chi connectivity index (χ2n) is 16.6. The molecule has 0 amide bonds. The maximum Gasteiger partial charge on any atom is 0.0614 e. The van der Waals surface area contributed by atoms with E-state index in [1.54, 1.807) is 0 Å². The van der Waals surface area contributed by atoms with Crippen LogP contribution in [0, 0.1) is 0 Å². The maximum absolute atomic E-state index is 8.99. The van der Waals surface area contributed by atoms with Crippen molar-refractivity contribution >= 4 is 0 Å². The molecule has 1 N–H and O–H groups in total. The lowest BCUT2D eigenvalue weighted by Crippen LogP contribution is -1.84. The van der Waals surface area contributed by atoms with Crippen molar-refractivity contribution in [3.8, 4) is 0 Å². The molecule has 0 aromatic rings.